The molecule has 0 radical (unpaired) electrons. The number of hydrogen-bond donors (Lipinski definition) is 0. The van der Waals surface area contributed by atoms with E-state index in [1.807, 2.05) is 0 Å². The Labute approximate surface area is 163 Å². The second-order valence-electron chi connectivity index (χ2n) is 6.75. The maximum Gasteiger partial charge on any atom is 0.359 e. The Kier molecular flexibility index (Phi) is 4.12. The number of aromatic nitrogens is 2. The Bertz CT molecular complexity index is 950. The molecule has 3 heterocycles. The topological polar surface area (TPSA) is 50.6 Å². The molecule has 2 atom stereocenters. The van der Waals surface area contributed by atoms with E-state index in [4.69, 9.17) is 16.3 Å². The first-order valence-corrected chi connectivity index (χ1v) is 9.35. The van der Waals surface area contributed by atoms with Gasteiger partial charge in [0.05, 0.1) is 39.3 Å². The molecule has 4 rings (SSSR count). The van der Waals surface area contributed by atoms with E-state index in [1.54, 1.807) is 29.8 Å². The monoisotopic (exact) mass is 478 g/mol. The minimum atomic E-state index is -0.511. The minimum absolute atomic E-state index is 0.0146. The van der Waals surface area contributed by atoms with Gasteiger partial charge in [-0.2, -0.15) is 4.98 Å². The average Bonchev–Trinajstić information content (AvgIpc) is 2.70. The molecule has 2 aliphatic heterocycles. The van der Waals surface area contributed by atoms with Gasteiger partial charge in [-0.15, -0.1) is 0 Å². The lowest BCUT2D eigenvalue weighted by Gasteiger charge is -2.44. The van der Waals surface area contributed by atoms with Crippen LogP contribution in [0.3, 0.4) is 0 Å². The molecule has 0 amide bonds. The van der Waals surface area contributed by atoms with Gasteiger partial charge in [0.1, 0.15) is 17.9 Å². The Morgan fingerprint density at radius 3 is 2.84 bits per heavy atom. The fourth-order valence-corrected chi connectivity index (χ4v) is 4.68. The zero-order valence-corrected chi connectivity index (χ0v) is 16.9. The van der Waals surface area contributed by atoms with Crippen molar-refractivity contribution in [1.29, 1.82) is 0 Å². The molecular weight excluding hydrogens is 462 g/mol. The molecule has 1 saturated heterocycles. The predicted octanol–water partition coefficient (Wildman–Crippen LogP) is 2.60. The lowest BCUT2D eigenvalue weighted by Crippen LogP contribution is -2.59. The van der Waals surface area contributed by atoms with Gasteiger partial charge in [0.15, 0.2) is 11.6 Å². The van der Waals surface area contributed by atoms with E-state index in [1.165, 1.54) is 2.78 Å². The zero-order chi connectivity index (χ0) is 18.0. The number of piperazine rings is 1. The van der Waals surface area contributed by atoms with Crippen LogP contribution in [0.15, 0.2) is 4.79 Å². The number of likely N-dealkylation sites (N-methyl/N-ethyl adjacent to an activating group) is 1. The highest BCUT2D eigenvalue weighted by molar-refractivity contribution is 14.1. The van der Waals surface area contributed by atoms with Crippen LogP contribution in [-0.2, 0) is 0 Å². The van der Waals surface area contributed by atoms with Crippen LogP contribution in [0.4, 0.5) is 10.2 Å². The van der Waals surface area contributed by atoms with E-state index < -0.39 is 11.5 Å². The summed E-state index contributed by atoms with van der Waals surface area (Å²) in [5.74, 6) is 0.363. The van der Waals surface area contributed by atoms with E-state index in [0.29, 0.717) is 23.6 Å². The maximum absolute atomic E-state index is 15.0. The molecule has 2 aliphatic rings. The number of rotatable bonds is 0. The fraction of sp³-hybridized carbons (Fsp3) is 0.500. The van der Waals surface area contributed by atoms with E-state index in [9.17, 15) is 9.18 Å². The molecule has 0 aliphatic carbocycles. The smallest absolute Gasteiger partial charge is 0.359 e. The second kappa shape index (κ2) is 5.95. The second-order valence-corrected chi connectivity index (χ2v) is 8.09. The number of fused-ring (bicyclic) bond motifs is 2. The largest absolute Gasteiger partial charge is 0.489 e. The average molecular weight is 479 g/mol. The van der Waals surface area contributed by atoms with Crippen LogP contribution >= 0.6 is 34.5 Å². The number of anilines is 1. The molecule has 0 spiro atoms. The van der Waals surface area contributed by atoms with Gasteiger partial charge < -0.3 is 14.5 Å². The summed E-state index contributed by atoms with van der Waals surface area (Å²) in [5, 5.41) is 0.713. The highest BCUT2D eigenvalue weighted by Gasteiger charge is 2.38. The number of ether oxygens (including phenoxy) is 1. The highest BCUT2D eigenvalue weighted by Crippen LogP contribution is 2.45. The molecule has 134 valence electrons. The van der Waals surface area contributed by atoms with E-state index >= 15 is 0 Å². The van der Waals surface area contributed by atoms with Crippen molar-refractivity contribution in [3.05, 3.63) is 26.9 Å². The Balaban J connectivity index is 2.13. The van der Waals surface area contributed by atoms with Crippen molar-refractivity contribution in [2.75, 3.05) is 31.6 Å². The maximum atomic E-state index is 15.0. The predicted molar refractivity (Wildman–Crippen MR) is 104 cm³/mol. The fourth-order valence-electron chi connectivity index (χ4n) is 3.89. The summed E-state index contributed by atoms with van der Waals surface area (Å²) in [5.41, 5.74) is -0.0445. The van der Waals surface area contributed by atoms with Crippen LogP contribution in [0.1, 0.15) is 12.5 Å². The van der Waals surface area contributed by atoms with Gasteiger partial charge >= 0.3 is 5.69 Å². The van der Waals surface area contributed by atoms with Gasteiger partial charge in [0, 0.05) is 24.7 Å². The van der Waals surface area contributed by atoms with Gasteiger partial charge in [-0.25, -0.2) is 12.0 Å². The molecular formula is C16H17ClFIN4O2. The third kappa shape index (κ3) is 2.44. The van der Waals surface area contributed by atoms with Crippen molar-refractivity contribution < 1.29 is 9.13 Å². The first-order valence-electron chi connectivity index (χ1n) is 8.01. The summed E-state index contributed by atoms with van der Waals surface area (Å²) in [6.45, 7) is 5.66. The molecule has 6 nitrogen and oxygen atoms in total. The zero-order valence-electron chi connectivity index (χ0n) is 14.0. The van der Waals surface area contributed by atoms with E-state index in [2.05, 4.69) is 28.8 Å². The molecule has 25 heavy (non-hydrogen) atoms. The van der Waals surface area contributed by atoms with Crippen LogP contribution in [0.2, 0.25) is 5.02 Å². The van der Waals surface area contributed by atoms with E-state index in [-0.39, 0.29) is 28.2 Å². The van der Waals surface area contributed by atoms with Crippen molar-refractivity contribution in [2.45, 2.75) is 25.9 Å². The normalized spacial score (nSPS) is 23.4. The molecule has 0 bridgehead atoms. The summed E-state index contributed by atoms with van der Waals surface area (Å²) in [7, 11) is 2.05. The number of benzene rings is 1. The standard InChI is InChI=1S/C16H17ClFIN4O2/c1-7-4-21(3)5-9-6-25-14-10-13(12(18)8(2)11(14)17)23(19)16(24)20-15(10)22(7)9/h7,9H,4-6H2,1-3H3. The van der Waals surface area contributed by atoms with Gasteiger partial charge in [0.2, 0.25) is 0 Å². The van der Waals surface area contributed by atoms with Gasteiger partial charge in [-0.1, -0.05) is 11.6 Å². The van der Waals surface area contributed by atoms with Crippen LogP contribution in [0, 0.1) is 12.7 Å². The van der Waals surface area contributed by atoms with Gasteiger partial charge in [0.25, 0.3) is 0 Å². The molecule has 1 aromatic carbocycles. The molecule has 2 unspecified atom stereocenters. The van der Waals surface area contributed by atoms with Crippen LogP contribution in [0.25, 0.3) is 10.9 Å². The molecule has 0 N–H and O–H groups in total. The van der Waals surface area contributed by atoms with Gasteiger partial charge in [-0.3, -0.25) is 0 Å². The van der Waals surface area contributed by atoms with Crippen molar-refractivity contribution >= 4 is 51.2 Å². The first-order chi connectivity index (χ1) is 11.8. The molecule has 1 fully saturated rings. The summed E-state index contributed by atoms with van der Waals surface area (Å²) in [6.07, 6.45) is 0. The lowest BCUT2D eigenvalue weighted by molar-refractivity contribution is 0.186. The number of hydrogen-bond acceptors (Lipinski definition) is 5. The molecule has 2 aromatic rings. The number of nitrogens with zero attached hydrogens (tertiary/aromatic N) is 4. The van der Waals surface area contributed by atoms with Gasteiger partial charge in [-0.05, 0) is 20.9 Å². The quantitative estimate of drug-likeness (QED) is 0.545. The lowest BCUT2D eigenvalue weighted by atomic mass is 10.1. The number of halogens is 3. The van der Waals surface area contributed by atoms with Crippen LogP contribution in [-0.4, -0.2) is 51.5 Å². The van der Waals surface area contributed by atoms with Crippen molar-refractivity contribution in [3.63, 3.8) is 0 Å². The first kappa shape index (κ1) is 17.3. The van der Waals surface area contributed by atoms with E-state index in [0.717, 1.165) is 13.1 Å². The summed E-state index contributed by atoms with van der Waals surface area (Å²) in [6, 6.07) is 0.127. The summed E-state index contributed by atoms with van der Waals surface area (Å²) >= 11 is 8.17. The van der Waals surface area contributed by atoms with Crippen molar-refractivity contribution in [1.82, 2.24) is 12.7 Å². The molecule has 0 saturated carbocycles. The summed E-state index contributed by atoms with van der Waals surface area (Å²) < 4.78 is 22.2. The SMILES string of the molecule is Cc1c(Cl)c2c3c(nc(=O)n(I)c3c1F)N1C(C)CN(C)CC1CO2. The highest BCUT2D eigenvalue weighted by atomic mass is 127. The van der Waals surface area contributed by atoms with Crippen LogP contribution < -0.4 is 15.3 Å². The van der Waals surface area contributed by atoms with Crippen LogP contribution in [0.5, 0.6) is 5.75 Å². The third-order valence-corrected chi connectivity index (χ3v) is 6.30. The Hall–Kier alpha value is -1.13. The molecule has 1 aromatic heterocycles. The summed E-state index contributed by atoms with van der Waals surface area (Å²) in [4.78, 5) is 21.0. The third-order valence-electron chi connectivity index (χ3n) is 4.95. The molecule has 9 heteroatoms. The van der Waals surface area contributed by atoms with Crippen molar-refractivity contribution in [3.8, 4) is 5.75 Å². The minimum Gasteiger partial charge on any atom is -0.489 e. The Morgan fingerprint density at radius 2 is 2.12 bits per heavy atom. The van der Waals surface area contributed by atoms with Crippen molar-refractivity contribution in [2.24, 2.45) is 0 Å². The Morgan fingerprint density at radius 1 is 1.40 bits per heavy atom.